The molecule has 0 saturated heterocycles. The predicted octanol–water partition coefficient (Wildman–Crippen LogP) is 3.40. The first-order valence-electron chi connectivity index (χ1n) is 6.81. The van der Waals surface area contributed by atoms with Gasteiger partial charge in [0.25, 0.3) is 0 Å². The van der Waals surface area contributed by atoms with Gasteiger partial charge in [-0.1, -0.05) is 42.0 Å². The molecule has 1 aromatic heterocycles. The summed E-state index contributed by atoms with van der Waals surface area (Å²) in [5.74, 6) is -0.995. The summed E-state index contributed by atoms with van der Waals surface area (Å²) in [5.41, 5.74) is 4.50. The molecule has 0 atom stereocenters. The van der Waals surface area contributed by atoms with Crippen LogP contribution in [0.1, 0.15) is 27.2 Å². The third-order valence-electron chi connectivity index (χ3n) is 3.68. The Morgan fingerprint density at radius 1 is 1.19 bits per heavy atom. The average molecular weight is 280 g/mol. The van der Waals surface area contributed by atoms with E-state index in [4.69, 9.17) is 0 Å². The van der Waals surface area contributed by atoms with Crippen molar-refractivity contribution in [3.05, 3.63) is 64.8 Å². The summed E-state index contributed by atoms with van der Waals surface area (Å²) in [4.78, 5) is 11.3. The van der Waals surface area contributed by atoms with Crippen LogP contribution >= 0.6 is 0 Å². The highest BCUT2D eigenvalue weighted by Gasteiger charge is 2.16. The number of fused-ring (bicyclic) bond motifs is 1. The minimum Gasteiger partial charge on any atom is -0.476 e. The fourth-order valence-electron chi connectivity index (χ4n) is 2.59. The lowest BCUT2D eigenvalue weighted by atomic mass is 10.1. The summed E-state index contributed by atoms with van der Waals surface area (Å²) < 4.78 is 1.76. The maximum absolute atomic E-state index is 11.3. The maximum Gasteiger partial charge on any atom is 0.357 e. The van der Waals surface area contributed by atoms with E-state index in [0.29, 0.717) is 11.9 Å². The second-order valence-electron chi connectivity index (χ2n) is 5.26. The van der Waals surface area contributed by atoms with E-state index < -0.39 is 5.97 Å². The lowest BCUT2D eigenvalue weighted by Gasteiger charge is -2.08. The SMILES string of the molecule is Cc1ccc(Cn2nc(C(=O)O)c3ccccc32)c(C)c1. The number of aromatic carboxylic acids is 1. The highest BCUT2D eigenvalue weighted by Crippen LogP contribution is 2.20. The monoisotopic (exact) mass is 280 g/mol. The van der Waals surface area contributed by atoms with Crippen LogP contribution in [0.3, 0.4) is 0 Å². The number of nitrogens with zero attached hydrogens (tertiary/aromatic N) is 2. The molecule has 0 aliphatic carbocycles. The standard InChI is InChI=1S/C17H16N2O2/c1-11-7-8-13(12(2)9-11)10-19-15-6-4-3-5-14(15)16(18-19)17(20)21/h3-9H,10H2,1-2H3,(H,20,21). The Labute approximate surface area is 122 Å². The first-order chi connectivity index (χ1) is 10.1. The zero-order valence-electron chi connectivity index (χ0n) is 12.0. The Hall–Kier alpha value is -2.62. The molecule has 0 bridgehead atoms. The third-order valence-corrected chi connectivity index (χ3v) is 3.68. The molecule has 2 aromatic carbocycles. The van der Waals surface area contributed by atoms with Crippen LogP contribution in [0.4, 0.5) is 0 Å². The fourth-order valence-corrected chi connectivity index (χ4v) is 2.59. The minimum atomic E-state index is -0.995. The number of hydrogen-bond acceptors (Lipinski definition) is 2. The van der Waals surface area contributed by atoms with E-state index in [2.05, 4.69) is 37.1 Å². The number of hydrogen-bond donors (Lipinski definition) is 1. The Bertz CT molecular complexity index is 834. The van der Waals surface area contributed by atoms with Gasteiger partial charge in [0.2, 0.25) is 0 Å². The minimum absolute atomic E-state index is 0.107. The molecule has 4 nitrogen and oxygen atoms in total. The van der Waals surface area contributed by atoms with Gasteiger partial charge >= 0.3 is 5.97 Å². The topological polar surface area (TPSA) is 55.1 Å². The van der Waals surface area contributed by atoms with Crippen LogP contribution in [0, 0.1) is 13.8 Å². The molecule has 0 aliphatic rings. The highest BCUT2D eigenvalue weighted by molar-refractivity contribution is 6.01. The second kappa shape index (κ2) is 5.05. The predicted molar refractivity (Wildman–Crippen MR) is 81.7 cm³/mol. The number of para-hydroxylation sites is 1. The lowest BCUT2D eigenvalue weighted by molar-refractivity contribution is 0.0691. The lowest BCUT2D eigenvalue weighted by Crippen LogP contribution is -2.05. The molecule has 106 valence electrons. The van der Waals surface area contributed by atoms with Crippen LogP contribution < -0.4 is 0 Å². The van der Waals surface area contributed by atoms with Gasteiger partial charge in [-0.05, 0) is 31.0 Å². The van der Waals surface area contributed by atoms with Gasteiger partial charge in [0.15, 0.2) is 5.69 Å². The molecule has 1 N–H and O–H groups in total. The summed E-state index contributed by atoms with van der Waals surface area (Å²) in [6, 6.07) is 13.7. The molecule has 1 heterocycles. The molecule has 0 unspecified atom stereocenters. The first kappa shape index (κ1) is 13.4. The Balaban J connectivity index is 2.10. The van der Waals surface area contributed by atoms with Crippen molar-refractivity contribution >= 4 is 16.9 Å². The van der Waals surface area contributed by atoms with Crippen molar-refractivity contribution in [2.45, 2.75) is 20.4 Å². The summed E-state index contributed by atoms with van der Waals surface area (Å²) in [7, 11) is 0. The van der Waals surface area contributed by atoms with Crippen molar-refractivity contribution in [3.63, 3.8) is 0 Å². The maximum atomic E-state index is 11.3. The third kappa shape index (κ3) is 2.40. The molecule has 21 heavy (non-hydrogen) atoms. The van der Waals surface area contributed by atoms with Gasteiger partial charge in [-0.2, -0.15) is 5.10 Å². The Kier molecular flexibility index (Phi) is 3.22. The number of aromatic nitrogens is 2. The quantitative estimate of drug-likeness (QED) is 0.800. The van der Waals surface area contributed by atoms with Gasteiger partial charge in [0.05, 0.1) is 12.1 Å². The van der Waals surface area contributed by atoms with Gasteiger partial charge in [-0.25, -0.2) is 4.79 Å². The van der Waals surface area contributed by atoms with E-state index in [1.807, 2.05) is 18.2 Å². The van der Waals surface area contributed by atoms with Crippen LogP contribution in [0.2, 0.25) is 0 Å². The van der Waals surface area contributed by atoms with E-state index in [1.54, 1.807) is 10.7 Å². The van der Waals surface area contributed by atoms with Gasteiger partial charge in [-0.15, -0.1) is 0 Å². The molecule has 0 spiro atoms. The Morgan fingerprint density at radius 3 is 2.67 bits per heavy atom. The largest absolute Gasteiger partial charge is 0.476 e. The molecule has 0 amide bonds. The van der Waals surface area contributed by atoms with Gasteiger partial charge in [0, 0.05) is 5.39 Å². The second-order valence-corrected chi connectivity index (χ2v) is 5.26. The van der Waals surface area contributed by atoms with Crippen LogP contribution in [0.25, 0.3) is 10.9 Å². The van der Waals surface area contributed by atoms with Crippen LogP contribution in [0.5, 0.6) is 0 Å². The average Bonchev–Trinajstić information content (AvgIpc) is 2.81. The number of carboxylic acids is 1. The van der Waals surface area contributed by atoms with E-state index in [0.717, 1.165) is 11.1 Å². The zero-order valence-corrected chi connectivity index (χ0v) is 12.0. The number of carbonyl (C=O) groups is 1. The van der Waals surface area contributed by atoms with Crippen molar-refractivity contribution in [1.29, 1.82) is 0 Å². The van der Waals surface area contributed by atoms with E-state index in [-0.39, 0.29) is 5.69 Å². The molecule has 0 fully saturated rings. The van der Waals surface area contributed by atoms with E-state index >= 15 is 0 Å². The number of carboxylic acid groups (broad SMARTS) is 1. The molecule has 0 radical (unpaired) electrons. The van der Waals surface area contributed by atoms with Gasteiger partial charge in [-0.3, -0.25) is 4.68 Å². The molecule has 4 heteroatoms. The van der Waals surface area contributed by atoms with E-state index in [9.17, 15) is 9.90 Å². The Morgan fingerprint density at radius 2 is 1.95 bits per heavy atom. The van der Waals surface area contributed by atoms with Crippen LogP contribution in [0.15, 0.2) is 42.5 Å². The zero-order chi connectivity index (χ0) is 15.0. The number of benzene rings is 2. The summed E-state index contributed by atoms with van der Waals surface area (Å²) in [6.07, 6.45) is 0. The van der Waals surface area contributed by atoms with Crippen molar-refractivity contribution in [1.82, 2.24) is 9.78 Å². The summed E-state index contributed by atoms with van der Waals surface area (Å²) in [6.45, 7) is 4.69. The van der Waals surface area contributed by atoms with E-state index in [1.165, 1.54) is 11.1 Å². The van der Waals surface area contributed by atoms with Gasteiger partial charge in [0.1, 0.15) is 0 Å². The van der Waals surface area contributed by atoms with Crippen LogP contribution in [-0.2, 0) is 6.54 Å². The van der Waals surface area contributed by atoms with Crippen molar-refractivity contribution in [2.75, 3.05) is 0 Å². The summed E-state index contributed by atoms with van der Waals surface area (Å²) >= 11 is 0. The smallest absolute Gasteiger partial charge is 0.357 e. The molecular weight excluding hydrogens is 264 g/mol. The molecule has 3 aromatic rings. The number of aryl methyl sites for hydroxylation is 2. The van der Waals surface area contributed by atoms with Crippen LogP contribution in [-0.4, -0.2) is 20.9 Å². The molecule has 3 rings (SSSR count). The first-order valence-corrected chi connectivity index (χ1v) is 6.81. The molecule has 0 aliphatic heterocycles. The van der Waals surface area contributed by atoms with Crippen molar-refractivity contribution < 1.29 is 9.90 Å². The number of rotatable bonds is 3. The molecule has 0 saturated carbocycles. The van der Waals surface area contributed by atoms with Crippen molar-refractivity contribution in [3.8, 4) is 0 Å². The van der Waals surface area contributed by atoms with Crippen molar-refractivity contribution in [2.24, 2.45) is 0 Å². The highest BCUT2D eigenvalue weighted by atomic mass is 16.4. The van der Waals surface area contributed by atoms with Gasteiger partial charge < -0.3 is 5.11 Å². The summed E-state index contributed by atoms with van der Waals surface area (Å²) in [5, 5.41) is 14.2. The fraction of sp³-hybridized carbons (Fsp3) is 0.176. The normalized spacial score (nSPS) is 11.0. The molecular formula is C17H16N2O2.